The first-order valence-electron chi connectivity index (χ1n) is 9.43. The average molecular weight is 387 g/mol. The van der Waals surface area contributed by atoms with E-state index >= 15 is 0 Å². The van der Waals surface area contributed by atoms with E-state index in [4.69, 9.17) is 9.72 Å². The lowest BCUT2D eigenvalue weighted by molar-refractivity contribution is 0.0528. The van der Waals surface area contributed by atoms with Crippen molar-refractivity contribution in [2.24, 2.45) is 0 Å². The van der Waals surface area contributed by atoms with Crippen molar-refractivity contribution in [3.05, 3.63) is 65.1 Å². The number of aryl methyl sites for hydroxylation is 3. The normalized spacial score (nSPS) is 11.0. The van der Waals surface area contributed by atoms with Gasteiger partial charge in [0.05, 0.1) is 28.9 Å². The Morgan fingerprint density at radius 1 is 1.00 bits per heavy atom. The Morgan fingerprint density at radius 3 is 2.34 bits per heavy atom. The number of fused-ring (bicyclic) bond motifs is 1. The van der Waals surface area contributed by atoms with Gasteiger partial charge in [-0.05, 0) is 39.8 Å². The lowest BCUT2D eigenvalue weighted by Crippen LogP contribution is -2.08. The van der Waals surface area contributed by atoms with E-state index in [1.165, 1.54) is 0 Å². The van der Waals surface area contributed by atoms with Crippen LogP contribution < -0.4 is 0 Å². The molecule has 0 saturated heterocycles. The van der Waals surface area contributed by atoms with Crippen LogP contribution in [0.2, 0.25) is 0 Å². The third-order valence-corrected chi connectivity index (χ3v) is 4.54. The number of esters is 1. The van der Waals surface area contributed by atoms with Gasteiger partial charge in [-0.3, -0.25) is 0 Å². The van der Waals surface area contributed by atoms with Crippen LogP contribution >= 0.6 is 0 Å². The highest BCUT2D eigenvalue weighted by Gasteiger charge is 2.22. The highest BCUT2D eigenvalue weighted by Crippen LogP contribution is 2.28. The van der Waals surface area contributed by atoms with Crippen molar-refractivity contribution in [2.45, 2.75) is 27.7 Å². The molecule has 3 heterocycles. The summed E-state index contributed by atoms with van der Waals surface area (Å²) in [6, 6.07) is 13.4. The quantitative estimate of drug-likeness (QED) is 0.493. The van der Waals surface area contributed by atoms with E-state index in [2.05, 4.69) is 15.1 Å². The van der Waals surface area contributed by atoms with Crippen LogP contribution in [0.15, 0.2) is 42.5 Å². The number of ether oxygens (including phenoxy) is 1. The molecule has 0 amide bonds. The maximum atomic E-state index is 12.7. The minimum atomic E-state index is -0.402. The fraction of sp³-hybridized carbons (Fsp3) is 0.227. The summed E-state index contributed by atoms with van der Waals surface area (Å²) in [5.41, 5.74) is 4.84. The largest absolute Gasteiger partial charge is 0.462 e. The molecule has 29 heavy (non-hydrogen) atoms. The Kier molecular flexibility index (Phi) is 4.80. The lowest BCUT2D eigenvalue weighted by atomic mass is 10.1. The fourth-order valence-corrected chi connectivity index (χ4v) is 3.36. The summed E-state index contributed by atoms with van der Waals surface area (Å²) >= 11 is 0. The summed E-state index contributed by atoms with van der Waals surface area (Å²) < 4.78 is 6.90. The predicted molar refractivity (Wildman–Crippen MR) is 110 cm³/mol. The van der Waals surface area contributed by atoms with Crippen molar-refractivity contribution in [1.29, 1.82) is 0 Å². The molecule has 0 radical (unpaired) electrons. The first-order valence-corrected chi connectivity index (χ1v) is 9.43. The molecule has 4 aromatic rings. The number of pyridine rings is 1. The Hall–Kier alpha value is -3.61. The molecule has 0 saturated carbocycles. The molecule has 1 aromatic carbocycles. The van der Waals surface area contributed by atoms with Gasteiger partial charge in [-0.2, -0.15) is 9.78 Å². The molecule has 0 aliphatic heterocycles. The van der Waals surface area contributed by atoms with Gasteiger partial charge in [-0.1, -0.05) is 30.3 Å². The lowest BCUT2D eigenvalue weighted by Gasteiger charge is -2.09. The first kappa shape index (κ1) is 18.7. The third kappa shape index (κ3) is 3.47. The highest BCUT2D eigenvalue weighted by atomic mass is 16.5. The zero-order valence-corrected chi connectivity index (χ0v) is 16.8. The standard InChI is InChI=1S/C22H21N5O2/c1-5-29-21(28)17-12-18(16-9-7-6-8-10-16)25-20-19(17)15(4)26-27(20)22-23-13(2)11-14(3)24-22/h6-12H,5H2,1-4H3. The molecule has 0 fully saturated rings. The second-order valence-electron chi connectivity index (χ2n) is 6.79. The van der Waals surface area contributed by atoms with Crippen molar-refractivity contribution in [2.75, 3.05) is 6.61 Å². The second-order valence-corrected chi connectivity index (χ2v) is 6.79. The Bertz CT molecular complexity index is 1190. The molecule has 0 spiro atoms. The van der Waals surface area contributed by atoms with Gasteiger partial charge < -0.3 is 4.74 Å². The van der Waals surface area contributed by atoms with Crippen molar-refractivity contribution >= 4 is 17.0 Å². The van der Waals surface area contributed by atoms with Crippen molar-refractivity contribution in [3.8, 4) is 17.2 Å². The fourth-order valence-electron chi connectivity index (χ4n) is 3.36. The van der Waals surface area contributed by atoms with Crippen LogP contribution in [0, 0.1) is 20.8 Å². The van der Waals surface area contributed by atoms with Crippen LogP contribution in [0.4, 0.5) is 0 Å². The molecule has 7 nitrogen and oxygen atoms in total. The summed E-state index contributed by atoms with van der Waals surface area (Å²) in [6.45, 7) is 7.73. The van der Waals surface area contributed by atoms with E-state index in [1.54, 1.807) is 17.7 Å². The number of hydrogen-bond donors (Lipinski definition) is 0. The van der Waals surface area contributed by atoms with Gasteiger partial charge in [-0.25, -0.2) is 19.7 Å². The molecule has 4 rings (SSSR count). The second kappa shape index (κ2) is 7.43. The van der Waals surface area contributed by atoms with Crippen LogP contribution in [0.3, 0.4) is 0 Å². The van der Waals surface area contributed by atoms with Crippen LogP contribution in [0.5, 0.6) is 0 Å². The number of aromatic nitrogens is 5. The number of nitrogens with zero attached hydrogens (tertiary/aromatic N) is 5. The highest BCUT2D eigenvalue weighted by molar-refractivity contribution is 6.05. The zero-order chi connectivity index (χ0) is 20.5. The molecule has 0 aliphatic carbocycles. The first-order chi connectivity index (χ1) is 14.0. The number of carbonyl (C=O) groups excluding carboxylic acids is 1. The van der Waals surface area contributed by atoms with Crippen molar-refractivity contribution in [3.63, 3.8) is 0 Å². The van der Waals surface area contributed by atoms with Crippen LogP contribution in [-0.2, 0) is 4.74 Å². The van der Waals surface area contributed by atoms with Gasteiger partial charge in [0.2, 0.25) is 0 Å². The molecular weight excluding hydrogens is 366 g/mol. The zero-order valence-electron chi connectivity index (χ0n) is 16.8. The van der Waals surface area contributed by atoms with Crippen LogP contribution in [0.1, 0.15) is 34.4 Å². The molecule has 0 N–H and O–H groups in total. The summed E-state index contributed by atoms with van der Waals surface area (Å²) in [5, 5.41) is 5.25. The van der Waals surface area contributed by atoms with E-state index in [-0.39, 0.29) is 6.61 Å². The Labute approximate surface area is 168 Å². The molecule has 0 bridgehead atoms. The van der Waals surface area contributed by atoms with Gasteiger partial charge in [-0.15, -0.1) is 0 Å². The topological polar surface area (TPSA) is 82.8 Å². The average Bonchev–Trinajstić information content (AvgIpc) is 3.04. The van der Waals surface area contributed by atoms with Crippen LogP contribution in [-0.4, -0.2) is 37.3 Å². The van der Waals surface area contributed by atoms with E-state index in [1.807, 2.05) is 57.2 Å². The summed E-state index contributed by atoms with van der Waals surface area (Å²) in [5.74, 6) is 0.0224. The predicted octanol–water partition coefficient (Wildman–Crippen LogP) is 3.98. The summed E-state index contributed by atoms with van der Waals surface area (Å²) in [7, 11) is 0. The number of rotatable bonds is 4. The maximum absolute atomic E-state index is 12.7. The monoisotopic (exact) mass is 387 g/mol. The Morgan fingerprint density at radius 2 is 1.69 bits per heavy atom. The van der Waals surface area contributed by atoms with E-state index < -0.39 is 5.97 Å². The molecule has 0 atom stereocenters. The van der Waals surface area contributed by atoms with Gasteiger partial charge >= 0.3 is 5.97 Å². The van der Waals surface area contributed by atoms with Gasteiger partial charge in [0.25, 0.3) is 5.95 Å². The van der Waals surface area contributed by atoms with Crippen LogP contribution in [0.25, 0.3) is 28.2 Å². The van der Waals surface area contributed by atoms with Gasteiger partial charge in [0.1, 0.15) is 0 Å². The van der Waals surface area contributed by atoms with Crippen molar-refractivity contribution < 1.29 is 9.53 Å². The molecule has 0 unspecified atom stereocenters. The van der Waals surface area contributed by atoms with E-state index in [9.17, 15) is 4.79 Å². The molecular formula is C22H21N5O2. The SMILES string of the molecule is CCOC(=O)c1cc(-c2ccccc2)nc2c1c(C)nn2-c1nc(C)cc(C)n1. The van der Waals surface area contributed by atoms with E-state index in [0.29, 0.717) is 33.9 Å². The number of hydrogen-bond acceptors (Lipinski definition) is 6. The van der Waals surface area contributed by atoms with Crippen molar-refractivity contribution in [1.82, 2.24) is 24.7 Å². The third-order valence-electron chi connectivity index (χ3n) is 4.54. The smallest absolute Gasteiger partial charge is 0.339 e. The van der Waals surface area contributed by atoms with E-state index in [0.717, 1.165) is 17.0 Å². The minimum Gasteiger partial charge on any atom is -0.462 e. The molecule has 3 aromatic heterocycles. The summed E-state index contributed by atoms with van der Waals surface area (Å²) in [4.78, 5) is 26.6. The molecule has 146 valence electrons. The number of carbonyl (C=O) groups is 1. The molecule has 0 aliphatic rings. The maximum Gasteiger partial charge on any atom is 0.339 e. The Balaban J connectivity index is 2.04. The minimum absolute atomic E-state index is 0.288. The number of benzene rings is 1. The van der Waals surface area contributed by atoms with Gasteiger partial charge in [0.15, 0.2) is 5.65 Å². The van der Waals surface area contributed by atoms with Gasteiger partial charge in [0, 0.05) is 17.0 Å². The summed E-state index contributed by atoms with van der Waals surface area (Å²) in [6.07, 6.45) is 0. The molecule has 7 heteroatoms.